The Labute approximate surface area is 176 Å². The van der Waals surface area contributed by atoms with Gasteiger partial charge in [0.15, 0.2) is 0 Å². The van der Waals surface area contributed by atoms with Gasteiger partial charge in [-0.3, -0.25) is 9.59 Å². The van der Waals surface area contributed by atoms with Gasteiger partial charge in [-0.2, -0.15) is 0 Å². The molecule has 142 valence electrons. The minimum absolute atomic E-state index is 0.123. The van der Waals surface area contributed by atoms with Gasteiger partial charge in [0.2, 0.25) is 0 Å². The van der Waals surface area contributed by atoms with Gasteiger partial charge in [0, 0.05) is 41.7 Å². The number of aromatic nitrogens is 2. The summed E-state index contributed by atoms with van der Waals surface area (Å²) in [6.07, 6.45) is 0. The van der Waals surface area contributed by atoms with E-state index in [1.165, 1.54) is 22.7 Å². The molecule has 6 heteroatoms. The highest BCUT2D eigenvalue weighted by molar-refractivity contribution is 7.26. The van der Waals surface area contributed by atoms with E-state index < -0.39 is 0 Å². The third-order valence-corrected chi connectivity index (χ3v) is 8.16. The van der Waals surface area contributed by atoms with Crippen LogP contribution in [0.4, 0.5) is 0 Å². The second-order valence-corrected chi connectivity index (χ2v) is 9.53. The average Bonchev–Trinajstić information content (AvgIpc) is 3.34. The SMILES string of the molecule is O=c1[nH]c2c(ccc3c2[nH]c(=O)c2sc4ccccc4c23)c2c1sc1ccccc12. The van der Waals surface area contributed by atoms with E-state index in [4.69, 9.17) is 0 Å². The minimum Gasteiger partial charge on any atom is -0.319 e. The summed E-state index contributed by atoms with van der Waals surface area (Å²) in [6.45, 7) is 0. The Morgan fingerprint density at radius 2 is 0.967 bits per heavy atom. The number of thiophene rings is 2. The highest BCUT2D eigenvalue weighted by Gasteiger charge is 2.17. The molecule has 30 heavy (non-hydrogen) atoms. The highest BCUT2D eigenvalue weighted by Crippen LogP contribution is 2.40. The Balaban J connectivity index is 1.79. The Morgan fingerprint density at radius 3 is 1.43 bits per heavy atom. The Morgan fingerprint density at radius 1 is 0.533 bits per heavy atom. The number of fused-ring (bicyclic) bond motifs is 11. The van der Waals surface area contributed by atoms with Crippen molar-refractivity contribution in [2.24, 2.45) is 0 Å². The quantitative estimate of drug-likeness (QED) is 0.289. The van der Waals surface area contributed by atoms with E-state index in [-0.39, 0.29) is 11.1 Å². The lowest BCUT2D eigenvalue weighted by atomic mass is 10.0. The van der Waals surface area contributed by atoms with Gasteiger partial charge in [0.25, 0.3) is 11.1 Å². The summed E-state index contributed by atoms with van der Waals surface area (Å²) in [7, 11) is 0. The zero-order chi connectivity index (χ0) is 20.0. The van der Waals surface area contributed by atoms with Crippen molar-refractivity contribution in [1.82, 2.24) is 9.97 Å². The van der Waals surface area contributed by atoms with Crippen molar-refractivity contribution in [2.45, 2.75) is 0 Å². The van der Waals surface area contributed by atoms with Crippen LogP contribution in [-0.4, -0.2) is 9.97 Å². The van der Waals surface area contributed by atoms with Crippen molar-refractivity contribution in [3.8, 4) is 0 Å². The van der Waals surface area contributed by atoms with Crippen LogP contribution in [0.3, 0.4) is 0 Å². The molecule has 0 aliphatic rings. The van der Waals surface area contributed by atoms with Gasteiger partial charge in [0.1, 0.15) is 9.40 Å². The molecule has 0 radical (unpaired) electrons. The molecule has 7 aromatic rings. The second-order valence-electron chi connectivity index (χ2n) is 7.42. The molecule has 4 aromatic heterocycles. The Bertz CT molecular complexity index is 1810. The smallest absolute Gasteiger partial charge is 0.266 e. The van der Waals surface area contributed by atoms with Crippen molar-refractivity contribution in [3.63, 3.8) is 0 Å². The first-order valence-corrected chi connectivity index (χ1v) is 11.2. The van der Waals surface area contributed by atoms with Crippen molar-refractivity contribution < 1.29 is 0 Å². The second kappa shape index (κ2) is 5.56. The summed E-state index contributed by atoms with van der Waals surface area (Å²) in [4.78, 5) is 32.1. The number of nitrogens with one attached hydrogen (secondary N) is 2. The zero-order valence-corrected chi connectivity index (χ0v) is 17.0. The number of rotatable bonds is 0. The van der Waals surface area contributed by atoms with E-state index in [2.05, 4.69) is 34.2 Å². The summed E-state index contributed by atoms with van der Waals surface area (Å²) < 4.78 is 3.59. The predicted molar refractivity (Wildman–Crippen MR) is 128 cm³/mol. The zero-order valence-electron chi connectivity index (χ0n) is 15.4. The van der Waals surface area contributed by atoms with Crippen LogP contribution in [0.2, 0.25) is 0 Å². The lowest BCUT2D eigenvalue weighted by molar-refractivity contribution is 1.32. The molecule has 0 saturated carbocycles. The number of hydrogen-bond acceptors (Lipinski definition) is 4. The lowest BCUT2D eigenvalue weighted by Crippen LogP contribution is -2.08. The normalized spacial score (nSPS) is 12.3. The van der Waals surface area contributed by atoms with E-state index in [1.54, 1.807) is 0 Å². The summed E-state index contributed by atoms with van der Waals surface area (Å²) in [6, 6.07) is 20.3. The molecular weight excluding hydrogens is 412 g/mol. The molecule has 3 aromatic carbocycles. The van der Waals surface area contributed by atoms with E-state index in [1.807, 2.05) is 36.4 Å². The van der Waals surface area contributed by atoms with E-state index in [0.29, 0.717) is 20.4 Å². The van der Waals surface area contributed by atoms with Gasteiger partial charge in [0.05, 0.1) is 11.0 Å². The fourth-order valence-electron chi connectivity index (χ4n) is 4.57. The van der Waals surface area contributed by atoms with Crippen molar-refractivity contribution >= 4 is 84.8 Å². The minimum atomic E-state index is -0.123. The van der Waals surface area contributed by atoms with E-state index >= 15 is 0 Å². The largest absolute Gasteiger partial charge is 0.319 e. The fraction of sp³-hybridized carbons (Fsp3) is 0. The topological polar surface area (TPSA) is 65.7 Å². The van der Waals surface area contributed by atoms with Gasteiger partial charge in [-0.05, 0) is 12.1 Å². The van der Waals surface area contributed by atoms with E-state index in [9.17, 15) is 9.59 Å². The third kappa shape index (κ3) is 1.94. The first kappa shape index (κ1) is 16.3. The molecule has 2 N–H and O–H groups in total. The van der Waals surface area contributed by atoms with Gasteiger partial charge in [-0.1, -0.05) is 48.5 Å². The molecule has 0 atom stereocenters. The molecule has 0 unspecified atom stereocenters. The average molecular weight is 425 g/mol. The molecule has 0 fully saturated rings. The van der Waals surface area contributed by atoms with Crippen LogP contribution < -0.4 is 11.1 Å². The number of aromatic amines is 2. The Kier molecular flexibility index (Phi) is 3.03. The fourth-order valence-corrected chi connectivity index (χ4v) is 6.79. The monoisotopic (exact) mass is 424 g/mol. The van der Waals surface area contributed by atoms with Gasteiger partial charge < -0.3 is 9.97 Å². The predicted octanol–water partition coefficient (Wildman–Crippen LogP) is 6.11. The maximum absolute atomic E-state index is 13.0. The van der Waals surface area contributed by atoms with Crippen LogP contribution >= 0.6 is 22.7 Å². The number of benzene rings is 3. The highest BCUT2D eigenvalue weighted by atomic mass is 32.1. The third-order valence-electron chi connectivity index (χ3n) is 5.82. The molecule has 0 bridgehead atoms. The first-order valence-electron chi connectivity index (χ1n) is 9.54. The van der Waals surface area contributed by atoms with Gasteiger partial charge in [-0.25, -0.2) is 0 Å². The van der Waals surface area contributed by atoms with Crippen molar-refractivity contribution in [1.29, 1.82) is 0 Å². The van der Waals surface area contributed by atoms with Crippen LogP contribution in [0.5, 0.6) is 0 Å². The molecule has 0 saturated heterocycles. The van der Waals surface area contributed by atoms with E-state index in [0.717, 1.165) is 41.7 Å². The van der Waals surface area contributed by atoms with Gasteiger partial charge in [-0.15, -0.1) is 22.7 Å². The molecule has 7 rings (SSSR count). The summed E-state index contributed by atoms with van der Waals surface area (Å²) in [5, 5.41) is 5.93. The molecule has 4 heterocycles. The number of hydrogen-bond donors (Lipinski definition) is 2. The standard InChI is InChI=1S/C24H12N2O2S2/c27-23-21-17(11-5-1-3-7-15(11)29-21)13-9-10-14-18-12-6-2-4-8-16(12)30-22(18)24(28)26-20(14)19(13)25-23/h1-10H,(H,25,27)(H,26,28). The molecule has 0 aliphatic carbocycles. The molecule has 0 aliphatic heterocycles. The van der Waals surface area contributed by atoms with Crippen LogP contribution in [0.25, 0.3) is 62.2 Å². The van der Waals surface area contributed by atoms with Crippen LogP contribution in [-0.2, 0) is 0 Å². The lowest BCUT2D eigenvalue weighted by Gasteiger charge is -2.07. The van der Waals surface area contributed by atoms with Crippen LogP contribution in [0.15, 0.2) is 70.3 Å². The molecule has 0 amide bonds. The summed E-state index contributed by atoms with van der Waals surface area (Å²) in [5.41, 5.74) is 1.12. The molecule has 4 nitrogen and oxygen atoms in total. The van der Waals surface area contributed by atoms with Gasteiger partial charge >= 0.3 is 0 Å². The Hall–Kier alpha value is -3.48. The number of pyridine rings is 2. The summed E-state index contributed by atoms with van der Waals surface area (Å²) >= 11 is 3.01. The van der Waals surface area contributed by atoms with Crippen molar-refractivity contribution in [3.05, 3.63) is 81.4 Å². The first-order chi connectivity index (χ1) is 14.7. The molecular formula is C24H12N2O2S2. The maximum Gasteiger partial charge on any atom is 0.266 e. The maximum atomic E-state index is 13.0. The molecule has 0 spiro atoms. The van der Waals surface area contributed by atoms with Crippen LogP contribution in [0.1, 0.15) is 0 Å². The van der Waals surface area contributed by atoms with Crippen molar-refractivity contribution in [2.75, 3.05) is 0 Å². The number of H-pyrrole nitrogens is 2. The summed E-state index contributed by atoms with van der Waals surface area (Å²) in [5.74, 6) is 0. The van der Waals surface area contributed by atoms with Crippen LogP contribution in [0, 0.1) is 0 Å².